The van der Waals surface area contributed by atoms with Gasteiger partial charge in [0.2, 0.25) is 5.43 Å². The number of piperazine rings is 1. The molecule has 6 rings (SSSR count). The third-order valence-corrected chi connectivity index (χ3v) is 8.11. The molecule has 0 aliphatic carbocycles. The molecule has 2 aromatic carbocycles. The zero-order chi connectivity index (χ0) is 25.5. The molecule has 8 nitrogen and oxygen atoms in total. The Labute approximate surface area is 217 Å². The third kappa shape index (κ3) is 4.10. The van der Waals surface area contributed by atoms with E-state index in [4.69, 9.17) is 9.72 Å². The largest absolute Gasteiger partial charge is 0.496 e. The highest BCUT2D eigenvalue weighted by atomic mass is 32.1. The Morgan fingerprint density at radius 1 is 1.03 bits per heavy atom. The van der Waals surface area contributed by atoms with E-state index < -0.39 is 5.91 Å². The SMILES string of the molecule is COc1ccccc1CNC(=O)c1c(=O)c2ccc(N3CCN(C)CC3)nc2n2c1sc1ccccc12. The van der Waals surface area contributed by atoms with E-state index in [2.05, 4.69) is 22.2 Å². The number of benzene rings is 2. The number of rotatable bonds is 5. The van der Waals surface area contributed by atoms with Crippen LogP contribution in [-0.2, 0) is 6.54 Å². The molecule has 1 saturated heterocycles. The Hall–Kier alpha value is -3.95. The minimum absolute atomic E-state index is 0.137. The minimum atomic E-state index is -0.412. The van der Waals surface area contributed by atoms with Gasteiger partial charge in [-0.15, -0.1) is 11.3 Å². The third-order valence-electron chi connectivity index (χ3n) is 6.96. The first kappa shape index (κ1) is 23.4. The molecular formula is C28H27N5O3S. The van der Waals surface area contributed by atoms with Crippen LogP contribution in [0.2, 0.25) is 0 Å². The number of anilines is 1. The summed E-state index contributed by atoms with van der Waals surface area (Å²) in [5, 5.41) is 3.37. The molecule has 0 bridgehead atoms. The van der Waals surface area contributed by atoms with Gasteiger partial charge < -0.3 is 19.9 Å². The number of aromatic nitrogens is 2. The zero-order valence-electron chi connectivity index (χ0n) is 20.7. The number of ether oxygens (including phenoxy) is 1. The predicted octanol–water partition coefficient (Wildman–Crippen LogP) is 3.75. The lowest BCUT2D eigenvalue weighted by atomic mass is 10.1. The quantitative estimate of drug-likeness (QED) is 0.386. The second-order valence-electron chi connectivity index (χ2n) is 9.24. The first-order valence-corrected chi connectivity index (χ1v) is 13.1. The van der Waals surface area contributed by atoms with Crippen molar-refractivity contribution in [3.05, 3.63) is 82.0 Å². The fourth-order valence-electron chi connectivity index (χ4n) is 4.90. The maximum absolute atomic E-state index is 13.8. The van der Waals surface area contributed by atoms with Crippen molar-refractivity contribution < 1.29 is 9.53 Å². The highest BCUT2D eigenvalue weighted by molar-refractivity contribution is 7.24. The highest BCUT2D eigenvalue weighted by Gasteiger charge is 2.24. The monoisotopic (exact) mass is 513 g/mol. The smallest absolute Gasteiger partial charge is 0.258 e. The summed E-state index contributed by atoms with van der Waals surface area (Å²) in [5.41, 5.74) is 2.17. The van der Waals surface area contributed by atoms with E-state index in [1.165, 1.54) is 11.3 Å². The Morgan fingerprint density at radius 3 is 2.59 bits per heavy atom. The molecule has 1 fully saturated rings. The molecule has 1 amide bonds. The number of hydrogen-bond acceptors (Lipinski definition) is 7. The molecule has 1 N–H and O–H groups in total. The van der Waals surface area contributed by atoms with Crippen LogP contribution in [0.4, 0.5) is 5.82 Å². The number of carbonyl (C=O) groups is 1. The fraction of sp³-hybridized carbons (Fsp3) is 0.250. The standard InChI is InChI=1S/C28H27N5O3S/c1-31-13-15-32(16-14-31)23-12-11-19-25(34)24(27(35)29-17-18-7-3-5-9-21(18)36-2)28-33(26(19)30-23)20-8-4-6-10-22(20)37-28/h3-12H,13-17H2,1-2H3,(H,29,35). The molecule has 37 heavy (non-hydrogen) atoms. The van der Waals surface area contributed by atoms with Crippen LogP contribution in [0, 0.1) is 0 Å². The summed E-state index contributed by atoms with van der Waals surface area (Å²) in [4.78, 5) is 37.4. The zero-order valence-corrected chi connectivity index (χ0v) is 21.5. The average molecular weight is 514 g/mol. The van der Waals surface area contributed by atoms with Gasteiger partial charge in [0.15, 0.2) is 5.65 Å². The number of fused-ring (bicyclic) bond motifs is 5. The maximum atomic E-state index is 13.8. The number of nitrogens with one attached hydrogen (secondary N) is 1. The molecular weight excluding hydrogens is 486 g/mol. The Morgan fingerprint density at radius 2 is 1.78 bits per heavy atom. The Balaban J connectivity index is 1.49. The summed E-state index contributed by atoms with van der Waals surface area (Å²) >= 11 is 1.43. The summed E-state index contributed by atoms with van der Waals surface area (Å²) in [6.07, 6.45) is 0. The van der Waals surface area contributed by atoms with Crippen molar-refractivity contribution >= 4 is 49.1 Å². The number of thiazole rings is 1. The highest BCUT2D eigenvalue weighted by Crippen LogP contribution is 2.31. The van der Waals surface area contributed by atoms with Gasteiger partial charge in [0.05, 0.1) is 22.7 Å². The van der Waals surface area contributed by atoms with Crippen LogP contribution < -0.4 is 20.4 Å². The van der Waals surface area contributed by atoms with Gasteiger partial charge in [0.1, 0.15) is 22.0 Å². The Bertz CT molecular complexity index is 1700. The Kier molecular flexibility index (Phi) is 6.02. The van der Waals surface area contributed by atoms with Gasteiger partial charge in [0, 0.05) is 38.3 Å². The second-order valence-corrected chi connectivity index (χ2v) is 10.3. The van der Waals surface area contributed by atoms with E-state index >= 15 is 0 Å². The van der Waals surface area contributed by atoms with E-state index in [1.54, 1.807) is 7.11 Å². The van der Waals surface area contributed by atoms with E-state index in [1.807, 2.05) is 65.1 Å². The molecule has 1 aliphatic rings. The fourth-order valence-corrected chi connectivity index (χ4v) is 6.09. The predicted molar refractivity (Wildman–Crippen MR) is 148 cm³/mol. The van der Waals surface area contributed by atoms with Crippen LogP contribution in [0.25, 0.3) is 26.1 Å². The van der Waals surface area contributed by atoms with E-state index in [0.29, 0.717) is 21.6 Å². The summed E-state index contributed by atoms with van der Waals surface area (Å²) in [5.74, 6) is 1.12. The lowest BCUT2D eigenvalue weighted by Gasteiger charge is -2.33. The van der Waals surface area contributed by atoms with Crippen LogP contribution in [0.3, 0.4) is 0 Å². The molecule has 0 atom stereocenters. The first-order chi connectivity index (χ1) is 18.0. The molecule has 3 aromatic heterocycles. The number of pyridine rings is 2. The average Bonchev–Trinajstić information content (AvgIpc) is 3.31. The van der Waals surface area contributed by atoms with Gasteiger partial charge in [-0.25, -0.2) is 4.98 Å². The van der Waals surface area contributed by atoms with Gasteiger partial charge in [0.25, 0.3) is 5.91 Å². The summed E-state index contributed by atoms with van der Waals surface area (Å²) in [6, 6.07) is 19.2. The van der Waals surface area contributed by atoms with Crippen molar-refractivity contribution in [1.29, 1.82) is 0 Å². The molecule has 188 valence electrons. The topological polar surface area (TPSA) is 79.2 Å². The van der Waals surface area contributed by atoms with Crippen LogP contribution in [0.1, 0.15) is 15.9 Å². The number of amides is 1. The van der Waals surface area contributed by atoms with Crippen molar-refractivity contribution in [2.75, 3.05) is 45.2 Å². The van der Waals surface area contributed by atoms with Gasteiger partial charge in [-0.3, -0.25) is 14.0 Å². The number of para-hydroxylation sites is 2. The van der Waals surface area contributed by atoms with Crippen LogP contribution in [-0.4, -0.2) is 60.5 Å². The number of nitrogens with zero attached hydrogens (tertiary/aromatic N) is 4. The van der Waals surface area contributed by atoms with E-state index in [9.17, 15) is 9.59 Å². The molecule has 5 aromatic rings. The molecule has 0 unspecified atom stereocenters. The molecule has 0 saturated carbocycles. The first-order valence-electron chi connectivity index (χ1n) is 12.3. The van der Waals surface area contributed by atoms with Crippen molar-refractivity contribution in [3.63, 3.8) is 0 Å². The van der Waals surface area contributed by atoms with Gasteiger partial charge >= 0.3 is 0 Å². The van der Waals surface area contributed by atoms with Gasteiger partial charge in [-0.05, 0) is 37.4 Å². The molecule has 4 heterocycles. The maximum Gasteiger partial charge on any atom is 0.258 e. The molecule has 0 spiro atoms. The second kappa shape index (κ2) is 9.49. The molecule has 1 aliphatic heterocycles. The van der Waals surface area contributed by atoms with Crippen LogP contribution in [0.5, 0.6) is 5.75 Å². The molecule has 9 heteroatoms. The van der Waals surface area contributed by atoms with Crippen LogP contribution in [0.15, 0.2) is 65.5 Å². The minimum Gasteiger partial charge on any atom is -0.496 e. The normalized spacial score (nSPS) is 14.5. The number of likely N-dealkylation sites (N-methyl/N-ethyl adjacent to an activating group) is 1. The van der Waals surface area contributed by atoms with Crippen molar-refractivity contribution in [3.8, 4) is 5.75 Å². The summed E-state index contributed by atoms with van der Waals surface area (Å²) in [6.45, 7) is 3.92. The summed E-state index contributed by atoms with van der Waals surface area (Å²) < 4.78 is 8.36. The van der Waals surface area contributed by atoms with Gasteiger partial charge in [-0.1, -0.05) is 30.3 Å². The van der Waals surface area contributed by atoms with E-state index in [0.717, 1.165) is 47.8 Å². The lowest BCUT2D eigenvalue weighted by molar-refractivity contribution is 0.0951. The summed E-state index contributed by atoms with van der Waals surface area (Å²) in [7, 11) is 3.72. The number of methoxy groups -OCH3 is 1. The van der Waals surface area contributed by atoms with E-state index in [-0.39, 0.29) is 17.5 Å². The van der Waals surface area contributed by atoms with Crippen molar-refractivity contribution in [2.45, 2.75) is 6.54 Å². The van der Waals surface area contributed by atoms with Crippen molar-refractivity contribution in [1.82, 2.24) is 19.6 Å². The van der Waals surface area contributed by atoms with Gasteiger partial charge in [-0.2, -0.15) is 0 Å². The van der Waals surface area contributed by atoms with Crippen LogP contribution >= 0.6 is 11.3 Å². The number of carbonyl (C=O) groups excluding carboxylic acids is 1. The number of hydrogen-bond donors (Lipinski definition) is 1. The molecule has 0 radical (unpaired) electrons. The lowest BCUT2D eigenvalue weighted by Crippen LogP contribution is -2.44. The van der Waals surface area contributed by atoms with Crippen molar-refractivity contribution in [2.24, 2.45) is 0 Å².